The fourth-order valence-electron chi connectivity index (χ4n) is 3.32. The second-order valence-electron chi connectivity index (χ2n) is 7.09. The molecule has 7 nitrogen and oxygen atoms in total. The van der Waals surface area contributed by atoms with E-state index in [1.165, 1.54) is 0 Å². The van der Waals surface area contributed by atoms with E-state index in [0.29, 0.717) is 23.5 Å². The predicted octanol–water partition coefficient (Wildman–Crippen LogP) is 3.04. The zero-order valence-corrected chi connectivity index (χ0v) is 15.3. The van der Waals surface area contributed by atoms with Crippen molar-refractivity contribution in [3.05, 3.63) is 58.5 Å². The number of rotatable bonds is 5. The van der Waals surface area contributed by atoms with E-state index in [2.05, 4.69) is 34.5 Å². The van der Waals surface area contributed by atoms with Gasteiger partial charge in [0.25, 0.3) is 0 Å². The predicted molar refractivity (Wildman–Crippen MR) is 103 cm³/mol. The maximum absolute atomic E-state index is 12.4. The van der Waals surface area contributed by atoms with Crippen LogP contribution in [0.3, 0.4) is 0 Å². The lowest BCUT2D eigenvalue weighted by Crippen LogP contribution is -2.20. The van der Waals surface area contributed by atoms with Crippen molar-refractivity contribution in [2.45, 2.75) is 33.4 Å². The topological polar surface area (TPSA) is 92.3 Å². The van der Waals surface area contributed by atoms with Crippen LogP contribution < -0.4 is 5.69 Å². The number of nitrogens with one attached hydrogen (secondary N) is 1. The highest BCUT2D eigenvalue weighted by Crippen LogP contribution is 2.21. The molecule has 0 unspecified atom stereocenters. The van der Waals surface area contributed by atoms with Gasteiger partial charge in [-0.05, 0) is 36.6 Å². The first kappa shape index (κ1) is 17.0. The van der Waals surface area contributed by atoms with Gasteiger partial charge >= 0.3 is 5.69 Å². The minimum atomic E-state index is -0.182. The van der Waals surface area contributed by atoms with Crippen molar-refractivity contribution >= 4 is 22.1 Å². The molecule has 0 aliphatic carbocycles. The normalized spacial score (nSPS) is 11.5. The first-order valence-corrected chi connectivity index (χ1v) is 8.98. The first-order chi connectivity index (χ1) is 13.1. The van der Waals surface area contributed by atoms with Crippen LogP contribution in [0.25, 0.3) is 22.1 Å². The van der Waals surface area contributed by atoms with Gasteiger partial charge in [-0.25, -0.2) is 9.78 Å². The molecule has 136 valence electrons. The lowest BCUT2D eigenvalue weighted by Gasteiger charge is -2.11. The monoisotopic (exact) mass is 360 g/mol. The van der Waals surface area contributed by atoms with Crippen LogP contribution in [0.2, 0.25) is 0 Å². The Morgan fingerprint density at radius 3 is 2.85 bits per heavy atom. The Morgan fingerprint density at radius 2 is 2.07 bits per heavy atom. The number of imidazole rings is 2. The van der Waals surface area contributed by atoms with E-state index in [0.717, 1.165) is 35.3 Å². The van der Waals surface area contributed by atoms with Gasteiger partial charge in [0, 0.05) is 12.7 Å². The summed E-state index contributed by atoms with van der Waals surface area (Å²) in [6, 6.07) is 9.53. The quantitative estimate of drug-likeness (QED) is 0.592. The Hall–Kier alpha value is -3.40. The number of nitriles is 1. The molecule has 0 atom stereocenters. The largest absolute Gasteiger partial charge is 0.326 e. The summed E-state index contributed by atoms with van der Waals surface area (Å²) in [6.07, 6.45) is 4.33. The van der Waals surface area contributed by atoms with Crippen molar-refractivity contribution in [1.82, 2.24) is 24.1 Å². The van der Waals surface area contributed by atoms with Gasteiger partial charge < -0.3 is 9.55 Å². The smallest absolute Gasteiger partial charge is 0.326 e. The Morgan fingerprint density at radius 1 is 1.22 bits per heavy atom. The van der Waals surface area contributed by atoms with Crippen molar-refractivity contribution in [2.24, 2.45) is 5.92 Å². The highest BCUT2D eigenvalue weighted by molar-refractivity contribution is 5.78. The summed E-state index contributed by atoms with van der Waals surface area (Å²) in [7, 11) is 0. The Kier molecular flexibility index (Phi) is 4.24. The molecule has 0 saturated heterocycles. The molecule has 0 saturated carbocycles. The number of H-pyrrole nitrogens is 1. The van der Waals surface area contributed by atoms with E-state index >= 15 is 0 Å². The second-order valence-corrected chi connectivity index (χ2v) is 7.09. The van der Waals surface area contributed by atoms with Crippen molar-refractivity contribution in [2.75, 3.05) is 0 Å². The molecule has 7 heteroatoms. The maximum atomic E-state index is 12.4. The molecule has 1 N–H and O–H groups in total. The summed E-state index contributed by atoms with van der Waals surface area (Å²) in [5.74, 6) is 1.36. The lowest BCUT2D eigenvalue weighted by atomic mass is 10.1. The van der Waals surface area contributed by atoms with Gasteiger partial charge in [0.1, 0.15) is 5.82 Å². The summed E-state index contributed by atoms with van der Waals surface area (Å²) in [4.78, 5) is 24.1. The minimum Gasteiger partial charge on any atom is -0.326 e. The third kappa shape index (κ3) is 3.10. The molecule has 4 aromatic rings. The average molecular weight is 360 g/mol. The number of aryl methyl sites for hydroxylation is 1. The summed E-state index contributed by atoms with van der Waals surface area (Å²) in [5, 5.41) is 9.17. The van der Waals surface area contributed by atoms with Gasteiger partial charge in [-0.15, -0.1) is 0 Å². The van der Waals surface area contributed by atoms with Gasteiger partial charge in [-0.3, -0.25) is 9.55 Å². The molecule has 1 aromatic carbocycles. The Balaban J connectivity index is 1.84. The third-order valence-electron chi connectivity index (χ3n) is 4.76. The van der Waals surface area contributed by atoms with E-state index in [9.17, 15) is 10.1 Å². The van der Waals surface area contributed by atoms with Crippen molar-refractivity contribution in [1.29, 1.82) is 5.26 Å². The number of hydrogen-bond donors (Lipinski definition) is 1. The summed E-state index contributed by atoms with van der Waals surface area (Å²) >= 11 is 0. The SMILES string of the molecule is CC(C)CCn1c(Cn2c(=O)[nH]c3cnccc32)nc2cc(C#N)ccc21. The number of fused-ring (bicyclic) bond motifs is 2. The molecule has 0 spiro atoms. The number of benzene rings is 1. The third-order valence-corrected chi connectivity index (χ3v) is 4.76. The molecule has 0 aliphatic rings. The molecular formula is C20H20N6O. The zero-order valence-electron chi connectivity index (χ0n) is 15.3. The first-order valence-electron chi connectivity index (χ1n) is 8.98. The molecule has 3 aromatic heterocycles. The average Bonchev–Trinajstić information content (AvgIpc) is 3.16. The number of nitrogens with zero attached hydrogens (tertiary/aromatic N) is 5. The Bertz CT molecular complexity index is 1220. The van der Waals surface area contributed by atoms with E-state index < -0.39 is 0 Å². The van der Waals surface area contributed by atoms with Crippen molar-refractivity contribution < 1.29 is 0 Å². The highest BCUT2D eigenvalue weighted by Gasteiger charge is 2.15. The van der Waals surface area contributed by atoms with Crippen LogP contribution in [-0.4, -0.2) is 24.1 Å². The second kappa shape index (κ2) is 6.72. The van der Waals surface area contributed by atoms with Crippen LogP contribution in [0.5, 0.6) is 0 Å². The van der Waals surface area contributed by atoms with Crippen LogP contribution in [0.4, 0.5) is 0 Å². The molecule has 0 fully saturated rings. The van der Waals surface area contributed by atoms with Gasteiger partial charge in [0.05, 0.1) is 46.4 Å². The van der Waals surface area contributed by atoms with Gasteiger partial charge in [0.15, 0.2) is 0 Å². The summed E-state index contributed by atoms with van der Waals surface area (Å²) < 4.78 is 3.83. The van der Waals surface area contributed by atoms with Crippen LogP contribution >= 0.6 is 0 Å². The highest BCUT2D eigenvalue weighted by atomic mass is 16.1. The maximum Gasteiger partial charge on any atom is 0.326 e. The molecule has 27 heavy (non-hydrogen) atoms. The van der Waals surface area contributed by atoms with E-state index in [-0.39, 0.29) is 5.69 Å². The molecule has 3 heterocycles. The number of pyridine rings is 1. The molecular weight excluding hydrogens is 340 g/mol. The lowest BCUT2D eigenvalue weighted by molar-refractivity contribution is 0.507. The Labute approximate surface area is 155 Å². The summed E-state index contributed by atoms with van der Waals surface area (Å²) in [5.41, 5.74) is 3.67. The van der Waals surface area contributed by atoms with Gasteiger partial charge in [-0.2, -0.15) is 5.26 Å². The van der Waals surface area contributed by atoms with Crippen LogP contribution in [0.15, 0.2) is 41.5 Å². The van der Waals surface area contributed by atoms with Crippen LogP contribution in [0.1, 0.15) is 31.7 Å². The molecule has 0 bridgehead atoms. The fourth-order valence-corrected chi connectivity index (χ4v) is 3.32. The number of hydrogen-bond acceptors (Lipinski definition) is 4. The fraction of sp³-hybridized carbons (Fsp3) is 0.300. The molecule has 0 aliphatic heterocycles. The minimum absolute atomic E-state index is 0.182. The van der Waals surface area contributed by atoms with Gasteiger partial charge in [0.2, 0.25) is 0 Å². The van der Waals surface area contributed by atoms with Crippen LogP contribution in [-0.2, 0) is 13.1 Å². The van der Waals surface area contributed by atoms with Gasteiger partial charge in [-0.1, -0.05) is 13.8 Å². The zero-order chi connectivity index (χ0) is 19.0. The van der Waals surface area contributed by atoms with Crippen LogP contribution in [0, 0.1) is 17.2 Å². The molecule has 0 amide bonds. The van der Waals surface area contributed by atoms with Crippen molar-refractivity contribution in [3.63, 3.8) is 0 Å². The molecule has 4 rings (SSSR count). The van der Waals surface area contributed by atoms with Crippen molar-refractivity contribution in [3.8, 4) is 6.07 Å². The van der Waals surface area contributed by atoms with E-state index in [1.54, 1.807) is 23.0 Å². The summed E-state index contributed by atoms with van der Waals surface area (Å²) in [6.45, 7) is 5.54. The van der Waals surface area contributed by atoms with E-state index in [4.69, 9.17) is 4.98 Å². The number of aromatic amines is 1. The number of aromatic nitrogens is 5. The molecule has 0 radical (unpaired) electrons. The van der Waals surface area contributed by atoms with E-state index in [1.807, 2.05) is 18.2 Å². The standard InChI is InChI=1S/C20H20N6O/c1-13(2)6-8-25-17-4-3-14(10-21)9-15(17)23-19(25)12-26-18-5-7-22-11-16(18)24-20(26)27/h3-5,7,9,11,13H,6,8,12H2,1-2H3,(H,24,27).